The Balaban J connectivity index is 1.36. The van der Waals surface area contributed by atoms with Crippen molar-refractivity contribution in [2.75, 3.05) is 39.3 Å². The molecule has 0 radical (unpaired) electrons. The van der Waals surface area contributed by atoms with Crippen LogP contribution in [0.25, 0.3) is 0 Å². The van der Waals surface area contributed by atoms with Crippen LogP contribution in [0.5, 0.6) is 0 Å². The quantitative estimate of drug-likeness (QED) is 0.624. The first-order chi connectivity index (χ1) is 15.5. The number of amides is 2. The number of halogens is 1. The first-order valence-corrected chi connectivity index (χ1v) is 12.6. The molecular weight excluding hydrogens is 442 g/mol. The Labute approximate surface area is 199 Å². The Kier molecular flexibility index (Phi) is 7.44. The number of aryl methyl sites for hydroxylation is 1. The summed E-state index contributed by atoms with van der Waals surface area (Å²) in [6.07, 6.45) is 0.852. The molecule has 2 atom stereocenters. The maximum Gasteiger partial charge on any atom is 0.255 e. The topological polar surface area (TPSA) is 43.9 Å². The van der Waals surface area contributed by atoms with Crippen molar-refractivity contribution in [1.29, 1.82) is 0 Å². The highest BCUT2D eigenvalue weighted by Gasteiger charge is 2.40. The summed E-state index contributed by atoms with van der Waals surface area (Å²) >= 11 is 7.98. The van der Waals surface area contributed by atoms with E-state index in [4.69, 9.17) is 11.6 Å². The molecule has 4 rings (SSSR count). The minimum absolute atomic E-state index is 0.00762. The van der Waals surface area contributed by atoms with Crippen molar-refractivity contribution >= 4 is 35.2 Å². The Morgan fingerprint density at radius 2 is 1.72 bits per heavy atom. The van der Waals surface area contributed by atoms with Crippen LogP contribution < -0.4 is 0 Å². The molecule has 2 aromatic rings. The van der Waals surface area contributed by atoms with Gasteiger partial charge in [-0.3, -0.25) is 14.5 Å². The van der Waals surface area contributed by atoms with E-state index in [0.717, 1.165) is 26.1 Å². The Hall–Kier alpha value is -2.02. The summed E-state index contributed by atoms with van der Waals surface area (Å²) in [7, 11) is 0. The average Bonchev–Trinajstić information content (AvgIpc) is 3.13. The third-order valence-electron chi connectivity index (χ3n) is 6.38. The summed E-state index contributed by atoms with van der Waals surface area (Å²) < 4.78 is 0. The molecule has 0 aliphatic carbocycles. The second kappa shape index (κ2) is 10.3. The van der Waals surface area contributed by atoms with Gasteiger partial charge < -0.3 is 9.80 Å². The third-order valence-corrected chi connectivity index (χ3v) is 8.34. The number of rotatable bonds is 6. The van der Waals surface area contributed by atoms with Crippen molar-refractivity contribution in [3.05, 3.63) is 70.2 Å². The van der Waals surface area contributed by atoms with Gasteiger partial charge in [-0.2, -0.15) is 0 Å². The van der Waals surface area contributed by atoms with Crippen molar-refractivity contribution < 1.29 is 9.59 Å². The lowest BCUT2D eigenvalue weighted by Crippen LogP contribution is -2.50. The minimum atomic E-state index is -0.00762. The highest BCUT2D eigenvalue weighted by atomic mass is 35.5. The van der Waals surface area contributed by atoms with Crippen LogP contribution in [-0.4, -0.2) is 71.0 Å². The van der Waals surface area contributed by atoms with E-state index in [1.807, 2.05) is 23.1 Å². The van der Waals surface area contributed by atoms with Gasteiger partial charge in [0.15, 0.2) is 0 Å². The predicted molar refractivity (Wildman–Crippen MR) is 131 cm³/mol. The van der Waals surface area contributed by atoms with Gasteiger partial charge >= 0.3 is 0 Å². The molecule has 2 fully saturated rings. The Bertz CT molecular complexity index is 977. The van der Waals surface area contributed by atoms with Crippen molar-refractivity contribution in [1.82, 2.24) is 14.7 Å². The normalized spacial score (nSPS) is 21.9. The number of hydrogen-bond acceptors (Lipinski definition) is 4. The van der Waals surface area contributed by atoms with Gasteiger partial charge in [0.1, 0.15) is 5.37 Å². The molecule has 5 nitrogen and oxygen atoms in total. The number of hydrogen-bond donors (Lipinski definition) is 0. The second-order valence-electron chi connectivity index (χ2n) is 8.39. The summed E-state index contributed by atoms with van der Waals surface area (Å²) in [6, 6.07) is 15.6. The highest BCUT2D eigenvalue weighted by molar-refractivity contribution is 8.01. The van der Waals surface area contributed by atoms with E-state index in [1.54, 1.807) is 23.9 Å². The number of nitrogens with zero attached hydrogens (tertiary/aromatic N) is 3. The fourth-order valence-corrected chi connectivity index (χ4v) is 6.16. The van der Waals surface area contributed by atoms with Gasteiger partial charge in [-0.05, 0) is 36.6 Å². The van der Waals surface area contributed by atoms with Gasteiger partial charge in [-0.15, -0.1) is 11.8 Å². The number of thioether (sulfide) groups is 1. The molecular formula is C25H30ClN3O2S. The van der Waals surface area contributed by atoms with Gasteiger partial charge in [-0.25, -0.2) is 0 Å². The summed E-state index contributed by atoms with van der Waals surface area (Å²) in [6.45, 7) is 8.68. The molecule has 0 saturated carbocycles. The molecule has 2 amide bonds. The molecule has 2 aromatic carbocycles. The van der Waals surface area contributed by atoms with E-state index in [9.17, 15) is 9.59 Å². The van der Waals surface area contributed by atoms with E-state index in [0.29, 0.717) is 30.2 Å². The molecule has 0 N–H and O–H groups in total. The monoisotopic (exact) mass is 471 g/mol. The van der Waals surface area contributed by atoms with Crippen molar-refractivity contribution in [3.63, 3.8) is 0 Å². The molecule has 2 heterocycles. The molecule has 2 aliphatic rings. The molecule has 32 heavy (non-hydrogen) atoms. The van der Waals surface area contributed by atoms with Crippen LogP contribution in [-0.2, 0) is 4.79 Å². The van der Waals surface area contributed by atoms with Crippen LogP contribution in [0.3, 0.4) is 0 Å². The van der Waals surface area contributed by atoms with Crippen molar-refractivity contribution in [2.45, 2.75) is 30.9 Å². The van der Waals surface area contributed by atoms with Crippen LogP contribution in [0.1, 0.15) is 40.2 Å². The van der Waals surface area contributed by atoms with Crippen LogP contribution >= 0.6 is 23.4 Å². The molecule has 0 spiro atoms. The largest absolute Gasteiger partial charge is 0.336 e. The maximum atomic E-state index is 13.1. The zero-order valence-corrected chi connectivity index (χ0v) is 20.2. The van der Waals surface area contributed by atoms with Crippen LogP contribution in [0.2, 0.25) is 5.02 Å². The zero-order valence-electron chi connectivity index (χ0n) is 18.7. The summed E-state index contributed by atoms with van der Waals surface area (Å²) in [4.78, 5) is 32.1. The van der Waals surface area contributed by atoms with E-state index >= 15 is 0 Å². The first kappa shape index (κ1) is 23.1. The fourth-order valence-electron chi connectivity index (χ4n) is 4.42. The SMILES string of the molecule is CCC1SC(c2ccccc2C)N(CCN2CCN(C(=O)c3ccccc3Cl)CC2)C1=O. The van der Waals surface area contributed by atoms with Crippen molar-refractivity contribution in [3.8, 4) is 0 Å². The second-order valence-corrected chi connectivity index (χ2v) is 10.1. The minimum Gasteiger partial charge on any atom is -0.336 e. The van der Waals surface area contributed by atoms with E-state index in [2.05, 4.69) is 41.8 Å². The zero-order chi connectivity index (χ0) is 22.7. The third kappa shape index (κ3) is 4.82. The van der Waals surface area contributed by atoms with Gasteiger partial charge in [0.2, 0.25) is 5.91 Å². The lowest BCUT2D eigenvalue weighted by Gasteiger charge is -2.36. The van der Waals surface area contributed by atoms with Crippen LogP contribution in [0.15, 0.2) is 48.5 Å². The van der Waals surface area contributed by atoms with Gasteiger partial charge in [-0.1, -0.05) is 54.9 Å². The summed E-state index contributed by atoms with van der Waals surface area (Å²) in [5, 5.41) is 0.610. The number of benzene rings is 2. The van der Waals surface area contributed by atoms with Gasteiger partial charge in [0.25, 0.3) is 5.91 Å². The lowest BCUT2D eigenvalue weighted by atomic mass is 10.1. The van der Waals surface area contributed by atoms with Gasteiger partial charge in [0, 0.05) is 39.3 Å². The molecule has 2 unspecified atom stereocenters. The van der Waals surface area contributed by atoms with E-state index in [-0.39, 0.29) is 22.4 Å². The molecule has 2 saturated heterocycles. The van der Waals surface area contributed by atoms with Crippen molar-refractivity contribution in [2.24, 2.45) is 0 Å². The number of carbonyl (C=O) groups is 2. The number of carbonyl (C=O) groups excluding carboxylic acids is 2. The number of piperazine rings is 1. The highest BCUT2D eigenvalue weighted by Crippen LogP contribution is 2.44. The predicted octanol–water partition coefficient (Wildman–Crippen LogP) is 4.46. The van der Waals surface area contributed by atoms with E-state index in [1.165, 1.54) is 11.1 Å². The first-order valence-electron chi connectivity index (χ1n) is 11.3. The maximum absolute atomic E-state index is 13.1. The average molecular weight is 472 g/mol. The Morgan fingerprint density at radius 3 is 2.41 bits per heavy atom. The Morgan fingerprint density at radius 1 is 1.03 bits per heavy atom. The molecule has 170 valence electrons. The van der Waals surface area contributed by atoms with Crippen LogP contribution in [0.4, 0.5) is 0 Å². The molecule has 0 bridgehead atoms. The fraction of sp³-hybridized carbons (Fsp3) is 0.440. The molecule has 7 heteroatoms. The van der Waals surface area contributed by atoms with Crippen LogP contribution in [0, 0.1) is 6.92 Å². The summed E-state index contributed by atoms with van der Waals surface area (Å²) in [5.74, 6) is 0.241. The standard InChI is InChI=1S/C25H30ClN3O2S/c1-3-22-24(31)29(25(32-22)19-9-5-4-8-18(19)2)17-14-27-12-15-28(16-13-27)23(30)20-10-6-7-11-21(20)26/h4-11,22,25H,3,12-17H2,1-2H3. The molecule has 0 aromatic heterocycles. The lowest BCUT2D eigenvalue weighted by molar-refractivity contribution is -0.130. The van der Waals surface area contributed by atoms with E-state index < -0.39 is 0 Å². The summed E-state index contributed by atoms with van der Waals surface area (Å²) in [5.41, 5.74) is 3.03. The molecule has 2 aliphatic heterocycles. The van der Waals surface area contributed by atoms with Gasteiger partial charge in [0.05, 0.1) is 15.8 Å². The smallest absolute Gasteiger partial charge is 0.255 e.